The number of benzene rings is 1. The van der Waals surface area contributed by atoms with E-state index in [0.717, 1.165) is 22.7 Å². The van der Waals surface area contributed by atoms with Crippen molar-refractivity contribution < 1.29 is 4.74 Å². The second kappa shape index (κ2) is 6.15. The van der Waals surface area contributed by atoms with Crippen molar-refractivity contribution in [1.82, 2.24) is 9.97 Å². The van der Waals surface area contributed by atoms with Crippen LogP contribution in [0, 0.1) is 6.92 Å². The van der Waals surface area contributed by atoms with E-state index in [0.29, 0.717) is 18.9 Å². The lowest BCUT2D eigenvalue weighted by molar-refractivity contribution is 0.415. The summed E-state index contributed by atoms with van der Waals surface area (Å²) < 4.78 is 5.13. The van der Waals surface area contributed by atoms with Gasteiger partial charge in [0.2, 0.25) is 0 Å². The molecule has 0 saturated heterocycles. The highest BCUT2D eigenvalue weighted by molar-refractivity contribution is 5.58. The smallest absolute Gasteiger partial charge is 0.159 e. The fourth-order valence-corrected chi connectivity index (χ4v) is 1.73. The van der Waals surface area contributed by atoms with E-state index in [1.54, 1.807) is 13.3 Å². The highest BCUT2D eigenvalue weighted by Gasteiger charge is 2.05. The molecular weight excluding hydrogens is 240 g/mol. The van der Waals surface area contributed by atoms with Gasteiger partial charge in [-0.3, -0.25) is 0 Å². The first-order chi connectivity index (χ1) is 9.24. The summed E-state index contributed by atoms with van der Waals surface area (Å²) in [6, 6.07) is 7.68. The number of aryl methyl sites for hydroxylation is 1. The van der Waals surface area contributed by atoms with Crippen molar-refractivity contribution in [3.63, 3.8) is 0 Å². The Morgan fingerprint density at radius 2 is 2.00 bits per heavy atom. The molecule has 5 nitrogen and oxygen atoms in total. The average Bonchev–Trinajstić information content (AvgIpc) is 2.46. The van der Waals surface area contributed by atoms with Crippen LogP contribution in [0.4, 0.5) is 5.69 Å². The lowest BCUT2D eigenvalue weighted by Crippen LogP contribution is -2.14. The molecule has 0 amide bonds. The number of nitrogens with zero attached hydrogens (tertiary/aromatic N) is 2. The lowest BCUT2D eigenvalue weighted by Gasteiger charge is -2.09. The van der Waals surface area contributed by atoms with Crippen molar-refractivity contribution in [3.8, 4) is 17.1 Å². The van der Waals surface area contributed by atoms with Crippen LogP contribution in [0.25, 0.3) is 11.4 Å². The molecule has 0 aliphatic heterocycles. The third kappa shape index (κ3) is 3.20. The number of rotatable bonds is 5. The van der Waals surface area contributed by atoms with Gasteiger partial charge in [0, 0.05) is 18.7 Å². The normalized spacial score (nSPS) is 10.3. The Labute approximate surface area is 112 Å². The fourth-order valence-electron chi connectivity index (χ4n) is 1.73. The SMILES string of the molecule is COc1ccc(-c2ncc(NCCN)c(C)n2)cc1. The Hall–Kier alpha value is -2.14. The van der Waals surface area contributed by atoms with Crippen molar-refractivity contribution in [2.45, 2.75) is 6.92 Å². The van der Waals surface area contributed by atoms with Crippen LogP contribution in [0.15, 0.2) is 30.5 Å². The zero-order valence-electron chi connectivity index (χ0n) is 11.2. The summed E-state index contributed by atoms with van der Waals surface area (Å²) >= 11 is 0. The topological polar surface area (TPSA) is 73.1 Å². The summed E-state index contributed by atoms with van der Waals surface area (Å²) in [5, 5.41) is 3.19. The van der Waals surface area contributed by atoms with Crippen molar-refractivity contribution >= 4 is 5.69 Å². The number of nitrogens with one attached hydrogen (secondary N) is 1. The van der Waals surface area contributed by atoms with Gasteiger partial charge in [-0.2, -0.15) is 0 Å². The van der Waals surface area contributed by atoms with E-state index in [2.05, 4.69) is 15.3 Å². The molecule has 2 rings (SSSR count). The second-order valence-electron chi connectivity index (χ2n) is 4.14. The van der Waals surface area contributed by atoms with E-state index in [1.165, 1.54) is 0 Å². The summed E-state index contributed by atoms with van der Waals surface area (Å²) in [5.41, 5.74) is 8.26. The Morgan fingerprint density at radius 3 is 2.58 bits per heavy atom. The summed E-state index contributed by atoms with van der Waals surface area (Å²) in [5.74, 6) is 1.53. The van der Waals surface area contributed by atoms with Gasteiger partial charge in [0.1, 0.15) is 5.75 Å². The maximum absolute atomic E-state index is 5.46. The van der Waals surface area contributed by atoms with E-state index in [1.807, 2.05) is 31.2 Å². The van der Waals surface area contributed by atoms with Crippen LogP contribution in [0.1, 0.15) is 5.69 Å². The third-order valence-electron chi connectivity index (χ3n) is 2.79. The third-order valence-corrected chi connectivity index (χ3v) is 2.79. The standard InChI is InChI=1S/C14H18N4O/c1-10-13(16-8-7-15)9-17-14(18-10)11-3-5-12(19-2)6-4-11/h3-6,9,16H,7-8,15H2,1-2H3. The summed E-state index contributed by atoms with van der Waals surface area (Å²) in [6.45, 7) is 3.25. The maximum Gasteiger partial charge on any atom is 0.159 e. The van der Waals surface area contributed by atoms with E-state index in [-0.39, 0.29) is 0 Å². The highest BCUT2D eigenvalue weighted by atomic mass is 16.5. The molecule has 1 heterocycles. The quantitative estimate of drug-likeness (QED) is 0.856. The number of hydrogen-bond acceptors (Lipinski definition) is 5. The van der Waals surface area contributed by atoms with Crippen LogP contribution in [0.2, 0.25) is 0 Å². The molecule has 1 aromatic heterocycles. The van der Waals surface area contributed by atoms with Crippen LogP contribution in [-0.2, 0) is 0 Å². The van der Waals surface area contributed by atoms with E-state index in [4.69, 9.17) is 10.5 Å². The molecule has 2 aromatic rings. The van der Waals surface area contributed by atoms with Gasteiger partial charge >= 0.3 is 0 Å². The number of methoxy groups -OCH3 is 1. The molecule has 0 fully saturated rings. The minimum Gasteiger partial charge on any atom is -0.497 e. The summed E-state index contributed by atoms with van der Waals surface area (Å²) in [7, 11) is 1.65. The van der Waals surface area contributed by atoms with Gasteiger partial charge < -0.3 is 15.8 Å². The first-order valence-corrected chi connectivity index (χ1v) is 6.16. The minimum atomic E-state index is 0.583. The van der Waals surface area contributed by atoms with E-state index >= 15 is 0 Å². The Kier molecular flexibility index (Phi) is 4.30. The van der Waals surface area contributed by atoms with Crippen LogP contribution < -0.4 is 15.8 Å². The van der Waals surface area contributed by atoms with Gasteiger partial charge in [-0.1, -0.05) is 0 Å². The van der Waals surface area contributed by atoms with Gasteiger partial charge in [0.25, 0.3) is 0 Å². The maximum atomic E-state index is 5.46. The van der Waals surface area contributed by atoms with Gasteiger partial charge in [-0.25, -0.2) is 9.97 Å². The van der Waals surface area contributed by atoms with Crippen molar-refractivity contribution in [3.05, 3.63) is 36.2 Å². The fraction of sp³-hybridized carbons (Fsp3) is 0.286. The molecule has 3 N–H and O–H groups in total. The van der Waals surface area contributed by atoms with Gasteiger partial charge in [-0.15, -0.1) is 0 Å². The van der Waals surface area contributed by atoms with Crippen LogP contribution in [0.3, 0.4) is 0 Å². The van der Waals surface area contributed by atoms with Crippen LogP contribution in [0.5, 0.6) is 5.75 Å². The molecule has 0 bridgehead atoms. The van der Waals surface area contributed by atoms with Crippen LogP contribution in [-0.4, -0.2) is 30.2 Å². The van der Waals surface area contributed by atoms with Crippen LogP contribution >= 0.6 is 0 Å². The Morgan fingerprint density at radius 1 is 1.26 bits per heavy atom. The molecule has 0 radical (unpaired) electrons. The molecule has 5 heteroatoms. The molecular formula is C14H18N4O. The molecule has 0 unspecified atom stereocenters. The molecule has 100 valence electrons. The number of aromatic nitrogens is 2. The van der Waals surface area contributed by atoms with Gasteiger partial charge in [0.15, 0.2) is 5.82 Å². The number of nitrogens with two attached hydrogens (primary N) is 1. The van der Waals surface area contributed by atoms with Gasteiger partial charge in [0.05, 0.1) is 24.7 Å². The molecule has 0 aliphatic carbocycles. The average molecular weight is 258 g/mol. The van der Waals surface area contributed by atoms with Gasteiger partial charge in [-0.05, 0) is 31.2 Å². The molecule has 0 aliphatic rings. The highest BCUT2D eigenvalue weighted by Crippen LogP contribution is 2.21. The second-order valence-corrected chi connectivity index (χ2v) is 4.14. The predicted octanol–water partition coefficient (Wildman–Crippen LogP) is 1.83. The molecule has 1 aromatic carbocycles. The largest absolute Gasteiger partial charge is 0.497 e. The monoisotopic (exact) mass is 258 g/mol. The first-order valence-electron chi connectivity index (χ1n) is 6.16. The number of ether oxygens (including phenoxy) is 1. The van der Waals surface area contributed by atoms with E-state index in [9.17, 15) is 0 Å². The molecule has 19 heavy (non-hydrogen) atoms. The zero-order valence-corrected chi connectivity index (χ0v) is 11.2. The lowest BCUT2D eigenvalue weighted by atomic mass is 10.2. The molecule has 0 spiro atoms. The summed E-state index contributed by atoms with van der Waals surface area (Å²) in [6.07, 6.45) is 1.79. The summed E-state index contributed by atoms with van der Waals surface area (Å²) in [4.78, 5) is 8.86. The number of hydrogen-bond donors (Lipinski definition) is 2. The Balaban J connectivity index is 2.22. The van der Waals surface area contributed by atoms with Crippen molar-refractivity contribution in [2.24, 2.45) is 5.73 Å². The number of anilines is 1. The van der Waals surface area contributed by atoms with Crippen molar-refractivity contribution in [1.29, 1.82) is 0 Å². The predicted molar refractivity (Wildman–Crippen MR) is 76.3 cm³/mol. The molecule has 0 atom stereocenters. The van der Waals surface area contributed by atoms with E-state index < -0.39 is 0 Å². The first kappa shape index (κ1) is 13.3. The molecule has 0 saturated carbocycles. The minimum absolute atomic E-state index is 0.583. The Bertz CT molecular complexity index is 540. The van der Waals surface area contributed by atoms with Crippen molar-refractivity contribution in [2.75, 3.05) is 25.5 Å². The zero-order chi connectivity index (χ0) is 13.7.